The van der Waals surface area contributed by atoms with E-state index in [4.69, 9.17) is 19.4 Å². The standard InChI is InChI=1S/C26H23BClF2N5O2S/c27-22-15-32-35-25(12-24(34-26(22)35)21-3-1-2-4-23(21)28)31-13-16-5-7-17(8-6-16)14-33-38(36,37)20-10-18(29)9-19(30)11-20/h1,3,5,7,9-12,15,31,33H,2,4,6,8,13-14H2. The van der Waals surface area contributed by atoms with E-state index >= 15 is 0 Å². The summed E-state index contributed by atoms with van der Waals surface area (Å²) in [6.07, 6.45) is 12.4. The van der Waals surface area contributed by atoms with Crippen molar-refractivity contribution in [2.75, 3.05) is 18.4 Å². The Bertz CT molecular complexity index is 1630. The summed E-state index contributed by atoms with van der Waals surface area (Å²) in [6, 6.07) is 4.09. The summed E-state index contributed by atoms with van der Waals surface area (Å²) in [5.41, 5.74) is 4.51. The Kier molecular flexibility index (Phi) is 7.51. The lowest BCUT2D eigenvalue weighted by molar-refractivity contribution is 0.562. The number of sulfonamides is 1. The molecule has 2 aromatic heterocycles. The van der Waals surface area contributed by atoms with Gasteiger partial charge in [-0.05, 0) is 43.3 Å². The molecule has 12 heteroatoms. The van der Waals surface area contributed by atoms with Crippen LogP contribution < -0.4 is 15.5 Å². The van der Waals surface area contributed by atoms with Crippen LogP contribution in [0, 0.1) is 11.6 Å². The molecule has 0 atom stereocenters. The Morgan fingerprint density at radius 1 is 1.03 bits per heavy atom. The molecule has 1 aromatic carbocycles. The van der Waals surface area contributed by atoms with Crippen LogP contribution in [-0.4, -0.2) is 44.0 Å². The number of hydrogen-bond donors (Lipinski definition) is 2. The summed E-state index contributed by atoms with van der Waals surface area (Å²) < 4.78 is 55.8. The van der Waals surface area contributed by atoms with E-state index in [0.717, 1.165) is 46.7 Å². The Labute approximate surface area is 225 Å². The summed E-state index contributed by atoms with van der Waals surface area (Å²) in [7, 11) is 2.05. The zero-order valence-electron chi connectivity index (χ0n) is 20.2. The van der Waals surface area contributed by atoms with E-state index in [1.54, 1.807) is 10.7 Å². The van der Waals surface area contributed by atoms with Crippen molar-refractivity contribution in [3.8, 4) is 0 Å². The fraction of sp³-hybridized carbons (Fsp3) is 0.231. The van der Waals surface area contributed by atoms with E-state index in [1.807, 2.05) is 24.3 Å². The number of allylic oxidation sites excluding steroid dienone is 6. The SMILES string of the molecule is [B]c1cnn2c(NCC3=CC=C(CNS(=O)(=O)c4cc(F)cc(F)c4)CC3)cc(C3=C(Cl)CCC=C3)nc12. The van der Waals surface area contributed by atoms with Crippen molar-refractivity contribution in [3.63, 3.8) is 0 Å². The van der Waals surface area contributed by atoms with Gasteiger partial charge < -0.3 is 5.32 Å². The lowest BCUT2D eigenvalue weighted by Crippen LogP contribution is -2.26. The molecular weight excluding hydrogens is 531 g/mol. The number of nitrogens with zero attached hydrogens (tertiary/aromatic N) is 3. The van der Waals surface area contributed by atoms with Crippen molar-refractivity contribution in [1.29, 1.82) is 0 Å². The molecule has 2 heterocycles. The third kappa shape index (κ3) is 5.74. The molecule has 0 bridgehead atoms. The third-order valence-corrected chi connectivity index (χ3v) is 8.11. The van der Waals surface area contributed by atoms with Gasteiger partial charge in [0.15, 0.2) is 5.65 Å². The zero-order valence-corrected chi connectivity index (χ0v) is 21.8. The molecule has 5 rings (SSSR count). The van der Waals surface area contributed by atoms with Crippen LogP contribution in [0.2, 0.25) is 0 Å². The molecule has 38 heavy (non-hydrogen) atoms. The van der Waals surface area contributed by atoms with Crippen molar-refractivity contribution in [1.82, 2.24) is 19.3 Å². The normalized spacial score (nSPS) is 16.1. The summed E-state index contributed by atoms with van der Waals surface area (Å²) in [6.45, 7) is 0.570. The van der Waals surface area contributed by atoms with Crippen LogP contribution in [0.3, 0.4) is 0 Å². The van der Waals surface area contributed by atoms with Crippen molar-refractivity contribution in [2.24, 2.45) is 0 Å². The summed E-state index contributed by atoms with van der Waals surface area (Å²) in [5, 5.41) is 8.49. The average molecular weight is 554 g/mol. The van der Waals surface area contributed by atoms with E-state index in [-0.39, 0.29) is 6.54 Å². The van der Waals surface area contributed by atoms with E-state index in [9.17, 15) is 17.2 Å². The number of aromatic nitrogens is 3. The molecule has 0 amide bonds. The van der Waals surface area contributed by atoms with Gasteiger partial charge in [0.05, 0.1) is 10.6 Å². The van der Waals surface area contributed by atoms with E-state index < -0.39 is 26.6 Å². The maximum atomic E-state index is 13.4. The third-order valence-electron chi connectivity index (χ3n) is 6.34. The largest absolute Gasteiger partial charge is 0.366 e. The van der Waals surface area contributed by atoms with Crippen LogP contribution in [-0.2, 0) is 10.0 Å². The molecule has 2 aliphatic rings. The molecule has 7 nitrogen and oxygen atoms in total. The van der Waals surface area contributed by atoms with Gasteiger partial charge in [0.1, 0.15) is 25.3 Å². The number of fused-ring (bicyclic) bond motifs is 1. The fourth-order valence-corrected chi connectivity index (χ4v) is 5.63. The monoisotopic (exact) mass is 553 g/mol. The van der Waals surface area contributed by atoms with Crippen LogP contribution in [0.4, 0.5) is 14.6 Å². The molecule has 0 unspecified atom stereocenters. The van der Waals surface area contributed by atoms with E-state index in [0.29, 0.717) is 48.1 Å². The van der Waals surface area contributed by atoms with Gasteiger partial charge in [-0.3, -0.25) is 0 Å². The topological polar surface area (TPSA) is 88.4 Å². The van der Waals surface area contributed by atoms with Crippen LogP contribution in [0.15, 0.2) is 75.8 Å². The first-order valence-corrected chi connectivity index (χ1v) is 13.8. The quantitative estimate of drug-likeness (QED) is 0.410. The van der Waals surface area contributed by atoms with Gasteiger partial charge in [0.2, 0.25) is 10.0 Å². The second kappa shape index (κ2) is 10.8. The van der Waals surface area contributed by atoms with Crippen molar-refractivity contribution < 1.29 is 17.2 Å². The second-order valence-electron chi connectivity index (χ2n) is 9.05. The van der Waals surface area contributed by atoms with E-state index in [2.05, 4.69) is 26.2 Å². The molecule has 194 valence electrons. The first-order chi connectivity index (χ1) is 18.2. The van der Waals surface area contributed by atoms with Crippen molar-refractivity contribution in [3.05, 3.63) is 88.3 Å². The molecular formula is C26H23BClF2N5O2S. The highest BCUT2D eigenvalue weighted by Gasteiger charge is 2.18. The number of nitrogens with one attached hydrogen (secondary N) is 2. The minimum absolute atomic E-state index is 0.0436. The molecule has 2 aliphatic carbocycles. The molecule has 3 aromatic rings. The van der Waals surface area contributed by atoms with Crippen molar-refractivity contribution >= 4 is 52.0 Å². The van der Waals surface area contributed by atoms with Crippen LogP contribution in [0.1, 0.15) is 31.4 Å². The van der Waals surface area contributed by atoms with Gasteiger partial charge in [0.25, 0.3) is 0 Å². The highest BCUT2D eigenvalue weighted by atomic mass is 35.5. The van der Waals surface area contributed by atoms with Gasteiger partial charge in [-0.1, -0.05) is 47.1 Å². The lowest BCUT2D eigenvalue weighted by Gasteiger charge is -2.18. The smallest absolute Gasteiger partial charge is 0.241 e. The molecule has 0 aliphatic heterocycles. The maximum absolute atomic E-state index is 13.4. The number of anilines is 1. The number of hydrogen-bond acceptors (Lipinski definition) is 5. The Balaban J connectivity index is 1.28. The predicted molar refractivity (Wildman–Crippen MR) is 145 cm³/mol. The predicted octanol–water partition coefficient (Wildman–Crippen LogP) is 4.14. The highest BCUT2D eigenvalue weighted by Crippen LogP contribution is 2.30. The number of halogens is 3. The molecule has 2 radical (unpaired) electrons. The zero-order chi connectivity index (χ0) is 26.9. The maximum Gasteiger partial charge on any atom is 0.241 e. The Hall–Kier alpha value is -3.28. The first-order valence-electron chi connectivity index (χ1n) is 12.0. The molecule has 0 saturated carbocycles. The number of rotatable bonds is 8. The van der Waals surface area contributed by atoms with Crippen molar-refractivity contribution in [2.45, 2.75) is 30.6 Å². The molecule has 0 saturated heterocycles. The minimum atomic E-state index is -4.05. The summed E-state index contributed by atoms with van der Waals surface area (Å²) >= 11 is 6.47. The Morgan fingerprint density at radius 2 is 1.74 bits per heavy atom. The van der Waals surface area contributed by atoms with Crippen LogP contribution in [0.5, 0.6) is 0 Å². The van der Waals surface area contributed by atoms with Gasteiger partial charge in [0, 0.05) is 42.0 Å². The van der Waals surface area contributed by atoms with Gasteiger partial charge >= 0.3 is 0 Å². The van der Waals surface area contributed by atoms with Gasteiger partial charge in [-0.15, -0.1) is 0 Å². The Morgan fingerprint density at radius 3 is 2.42 bits per heavy atom. The molecule has 0 spiro atoms. The highest BCUT2D eigenvalue weighted by molar-refractivity contribution is 7.89. The van der Waals surface area contributed by atoms with Gasteiger partial charge in [-0.2, -0.15) is 9.61 Å². The van der Waals surface area contributed by atoms with Gasteiger partial charge in [-0.25, -0.2) is 26.9 Å². The first kappa shape index (κ1) is 26.3. The molecule has 0 fully saturated rings. The minimum Gasteiger partial charge on any atom is -0.366 e. The number of benzene rings is 1. The average Bonchev–Trinajstić information content (AvgIpc) is 3.27. The van der Waals surface area contributed by atoms with Crippen LogP contribution >= 0.6 is 11.6 Å². The lowest BCUT2D eigenvalue weighted by atomic mass is 9.98. The molecule has 2 N–H and O–H groups in total. The summed E-state index contributed by atoms with van der Waals surface area (Å²) in [4.78, 5) is 4.22. The second-order valence-corrected chi connectivity index (χ2v) is 11.3. The summed E-state index contributed by atoms with van der Waals surface area (Å²) in [5.74, 6) is -1.19. The van der Waals surface area contributed by atoms with E-state index in [1.165, 1.54) is 0 Å². The van der Waals surface area contributed by atoms with Crippen LogP contribution in [0.25, 0.3) is 11.2 Å². The fourth-order valence-electron chi connectivity index (χ4n) is 4.28.